The van der Waals surface area contributed by atoms with Gasteiger partial charge in [-0.1, -0.05) is 56.3 Å². The fourth-order valence-electron chi connectivity index (χ4n) is 2.53. The summed E-state index contributed by atoms with van der Waals surface area (Å²) >= 11 is 0. The topological polar surface area (TPSA) is 3.24 Å². The lowest BCUT2D eigenvalue weighted by atomic mass is 9.80. The average molecular weight is 255 g/mol. The van der Waals surface area contributed by atoms with E-state index in [4.69, 9.17) is 0 Å². The SMILES string of the molecule is C/C=C\C(C)(C)/C(=C/N(C)C1CC1)c1ccccc1. The fraction of sp³-hybridized carbons (Fsp3) is 0.444. The third kappa shape index (κ3) is 3.50. The summed E-state index contributed by atoms with van der Waals surface area (Å²) in [6.45, 7) is 6.66. The molecule has 102 valence electrons. The van der Waals surface area contributed by atoms with Gasteiger partial charge in [-0.05, 0) is 30.9 Å². The van der Waals surface area contributed by atoms with Crippen LogP contribution in [0.25, 0.3) is 5.57 Å². The molecule has 1 aromatic carbocycles. The zero-order valence-electron chi connectivity index (χ0n) is 12.6. The minimum Gasteiger partial charge on any atom is -0.377 e. The monoisotopic (exact) mass is 255 g/mol. The van der Waals surface area contributed by atoms with Gasteiger partial charge < -0.3 is 4.90 Å². The van der Waals surface area contributed by atoms with Crippen molar-refractivity contribution in [3.8, 4) is 0 Å². The number of hydrogen-bond donors (Lipinski definition) is 0. The summed E-state index contributed by atoms with van der Waals surface area (Å²) in [4.78, 5) is 2.38. The van der Waals surface area contributed by atoms with Crippen LogP contribution in [0.1, 0.15) is 39.2 Å². The van der Waals surface area contributed by atoms with Crippen LogP contribution in [0.15, 0.2) is 48.7 Å². The van der Waals surface area contributed by atoms with Crippen molar-refractivity contribution in [2.75, 3.05) is 7.05 Å². The molecule has 0 spiro atoms. The molecule has 1 saturated carbocycles. The predicted octanol–water partition coefficient (Wildman–Crippen LogP) is 4.72. The Bertz CT molecular complexity index is 464. The number of rotatable bonds is 5. The summed E-state index contributed by atoms with van der Waals surface area (Å²) in [6, 6.07) is 11.5. The Labute approximate surface area is 117 Å². The molecule has 0 heterocycles. The Morgan fingerprint density at radius 3 is 2.37 bits per heavy atom. The summed E-state index contributed by atoms with van der Waals surface area (Å²) in [5.74, 6) is 0. The van der Waals surface area contributed by atoms with E-state index in [1.165, 1.54) is 24.0 Å². The lowest BCUT2D eigenvalue weighted by Crippen LogP contribution is -2.18. The summed E-state index contributed by atoms with van der Waals surface area (Å²) in [5, 5.41) is 0. The van der Waals surface area contributed by atoms with Gasteiger partial charge in [0.05, 0.1) is 0 Å². The van der Waals surface area contributed by atoms with Crippen molar-refractivity contribution in [1.82, 2.24) is 4.90 Å². The maximum absolute atomic E-state index is 2.38. The van der Waals surface area contributed by atoms with E-state index in [9.17, 15) is 0 Å². The third-order valence-electron chi connectivity index (χ3n) is 3.82. The average Bonchev–Trinajstić information content (AvgIpc) is 3.20. The van der Waals surface area contributed by atoms with Crippen LogP contribution in [-0.2, 0) is 0 Å². The van der Waals surface area contributed by atoms with Crippen molar-refractivity contribution in [1.29, 1.82) is 0 Å². The Balaban J connectivity index is 2.38. The second kappa shape index (κ2) is 5.64. The van der Waals surface area contributed by atoms with E-state index in [0.717, 1.165) is 6.04 Å². The maximum Gasteiger partial charge on any atom is 0.0282 e. The summed E-state index contributed by atoms with van der Waals surface area (Å²) in [7, 11) is 2.20. The van der Waals surface area contributed by atoms with E-state index in [1.807, 2.05) is 0 Å². The first kappa shape index (κ1) is 13.9. The first-order valence-electron chi connectivity index (χ1n) is 7.18. The molecule has 0 unspecified atom stereocenters. The molecule has 1 fully saturated rings. The molecule has 19 heavy (non-hydrogen) atoms. The lowest BCUT2D eigenvalue weighted by Gasteiger charge is -2.27. The Hall–Kier alpha value is -1.50. The summed E-state index contributed by atoms with van der Waals surface area (Å²) in [5.41, 5.74) is 2.76. The van der Waals surface area contributed by atoms with Crippen LogP contribution in [-0.4, -0.2) is 18.0 Å². The fourth-order valence-corrected chi connectivity index (χ4v) is 2.53. The second-order valence-electron chi connectivity index (χ2n) is 6.03. The highest BCUT2D eigenvalue weighted by molar-refractivity contribution is 5.71. The lowest BCUT2D eigenvalue weighted by molar-refractivity contribution is 0.442. The highest BCUT2D eigenvalue weighted by Gasteiger charge is 2.27. The van der Waals surface area contributed by atoms with E-state index in [2.05, 4.69) is 81.4 Å². The van der Waals surface area contributed by atoms with Crippen LogP contribution in [0.3, 0.4) is 0 Å². The van der Waals surface area contributed by atoms with Crippen LogP contribution in [0.2, 0.25) is 0 Å². The molecular weight excluding hydrogens is 230 g/mol. The summed E-state index contributed by atoms with van der Waals surface area (Å²) in [6.07, 6.45) is 9.44. The molecule has 1 nitrogen and oxygen atoms in total. The largest absolute Gasteiger partial charge is 0.377 e. The molecule has 0 atom stereocenters. The molecular formula is C18H25N. The van der Waals surface area contributed by atoms with E-state index in [-0.39, 0.29) is 5.41 Å². The van der Waals surface area contributed by atoms with E-state index in [0.29, 0.717) is 0 Å². The van der Waals surface area contributed by atoms with Crippen LogP contribution in [0.4, 0.5) is 0 Å². The highest BCUT2D eigenvalue weighted by atomic mass is 15.1. The first-order valence-corrected chi connectivity index (χ1v) is 7.18. The van der Waals surface area contributed by atoms with E-state index >= 15 is 0 Å². The van der Waals surface area contributed by atoms with Gasteiger partial charge in [-0.15, -0.1) is 0 Å². The van der Waals surface area contributed by atoms with Gasteiger partial charge in [0, 0.05) is 24.7 Å². The minimum atomic E-state index is 0.0548. The van der Waals surface area contributed by atoms with Gasteiger partial charge in [0.2, 0.25) is 0 Å². The Morgan fingerprint density at radius 1 is 1.21 bits per heavy atom. The maximum atomic E-state index is 2.38. The normalized spacial score (nSPS) is 16.9. The minimum absolute atomic E-state index is 0.0548. The van der Waals surface area contributed by atoms with Crippen molar-refractivity contribution in [3.63, 3.8) is 0 Å². The molecule has 1 aliphatic carbocycles. The van der Waals surface area contributed by atoms with E-state index < -0.39 is 0 Å². The van der Waals surface area contributed by atoms with Gasteiger partial charge in [-0.3, -0.25) is 0 Å². The molecule has 0 radical (unpaired) electrons. The molecule has 0 amide bonds. The number of allylic oxidation sites excluding steroid dienone is 3. The van der Waals surface area contributed by atoms with Gasteiger partial charge in [0.15, 0.2) is 0 Å². The van der Waals surface area contributed by atoms with Crippen molar-refractivity contribution in [2.24, 2.45) is 5.41 Å². The molecule has 2 rings (SSSR count). The molecule has 1 aromatic rings. The van der Waals surface area contributed by atoms with Crippen LogP contribution >= 0.6 is 0 Å². The molecule has 0 aliphatic heterocycles. The van der Waals surface area contributed by atoms with Gasteiger partial charge in [-0.2, -0.15) is 0 Å². The predicted molar refractivity (Wildman–Crippen MR) is 83.8 cm³/mol. The van der Waals surface area contributed by atoms with Gasteiger partial charge in [-0.25, -0.2) is 0 Å². The third-order valence-corrected chi connectivity index (χ3v) is 3.82. The van der Waals surface area contributed by atoms with Crippen molar-refractivity contribution in [3.05, 3.63) is 54.2 Å². The van der Waals surface area contributed by atoms with Crippen molar-refractivity contribution < 1.29 is 0 Å². The van der Waals surface area contributed by atoms with Gasteiger partial charge in [0.1, 0.15) is 0 Å². The van der Waals surface area contributed by atoms with Gasteiger partial charge >= 0.3 is 0 Å². The zero-order chi connectivity index (χ0) is 13.9. The quantitative estimate of drug-likeness (QED) is 0.688. The van der Waals surface area contributed by atoms with E-state index in [1.54, 1.807) is 0 Å². The number of nitrogens with zero attached hydrogens (tertiary/aromatic N) is 1. The van der Waals surface area contributed by atoms with Crippen molar-refractivity contribution in [2.45, 2.75) is 39.7 Å². The first-order chi connectivity index (χ1) is 9.04. The highest BCUT2D eigenvalue weighted by Crippen LogP contribution is 2.37. The van der Waals surface area contributed by atoms with Crippen LogP contribution < -0.4 is 0 Å². The van der Waals surface area contributed by atoms with Gasteiger partial charge in [0.25, 0.3) is 0 Å². The molecule has 0 N–H and O–H groups in total. The number of benzene rings is 1. The van der Waals surface area contributed by atoms with Crippen LogP contribution in [0.5, 0.6) is 0 Å². The second-order valence-corrected chi connectivity index (χ2v) is 6.03. The Kier molecular flexibility index (Phi) is 4.14. The standard InChI is InChI=1S/C18H25N/c1-5-13-18(2,3)17(14-19(4)16-11-12-16)15-9-7-6-8-10-15/h5-10,13-14,16H,11-12H2,1-4H3/b13-5-,17-14+. The molecule has 0 aromatic heterocycles. The molecule has 0 saturated heterocycles. The summed E-state index contributed by atoms with van der Waals surface area (Å²) < 4.78 is 0. The zero-order valence-corrected chi connectivity index (χ0v) is 12.6. The van der Waals surface area contributed by atoms with Crippen LogP contribution in [0, 0.1) is 5.41 Å². The van der Waals surface area contributed by atoms with Crippen molar-refractivity contribution >= 4 is 5.57 Å². The molecule has 0 bridgehead atoms. The number of hydrogen-bond acceptors (Lipinski definition) is 1. The smallest absolute Gasteiger partial charge is 0.0282 e. The molecule has 1 heteroatoms. The molecule has 1 aliphatic rings. The Morgan fingerprint density at radius 2 is 1.84 bits per heavy atom.